The molecule has 142 valence electrons. The maximum absolute atomic E-state index is 12.2. The second-order valence-corrected chi connectivity index (χ2v) is 6.48. The SMILES string of the molecule is O=C(CCN1CCN(C(=O)c2ccco2)CC1)Nc1ccc2c(c1)OCO2. The van der Waals surface area contributed by atoms with Crippen LogP contribution in [0.4, 0.5) is 5.69 Å². The first-order valence-electron chi connectivity index (χ1n) is 8.94. The number of furan rings is 1. The number of nitrogens with one attached hydrogen (secondary N) is 1. The van der Waals surface area contributed by atoms with Crippen LogP contribution < -0.4 is 14.8 Å². The molecular formula is C19H21N3O5. The fourth-order valence-corrected chi connectivity index (χ4v) is 3.19. The summed E-state index contributed by atoms with van der Waals surface area (Å²) in [6.07, 6.45) is 1.89. The monoisotopic (exact) mass is 371 g/mol. The number of ether oxygens (including phenoxy) is 2. The normalized spacial score (nSPS) is 16.4. The van der Waals surface area contributed by atoms with Crippen molar-refractivity contribution in [2.45, 2.75) is 6.42 Å². The highest BCUT2D eigenvalue weighted by atomic mass is 16.7. The van der Waals surface area contributed by atoms with E-state index in [0.717, 1.165) is 13.1 Å². The fourth-order valence-electron chi connectivity index (χ4n) is 3.19. The summed E-state index contributed by atoms with van der Waals surface area (Å²) in [7, 11) is 0. The first-order valence-corrected chi connectivity index (χ1v) is 8.94. The fraction of sp³-hybridized carbons (Fsp3) is 0.368. The van der Waals surface area contributed by atoms with E-state index in [1.54, 1.807) is 35.2 Å². The number of hydrogen-bond acceptors (Lipinski definition) is 6. The molecule has 2 aromatic rings. The van der Waals surface area contributed by atoms with Gasteiger partial charge in [-0.25, -0.2) is 0 Å². The second kappa shape index (κ2) is 7.71. The Balaban J connectivity index is 1.21. The summed E-state index contributed by atoms with van der Waals surface area (Å²) in [5, 5.41) is 2.88. The molecule has 2 amide bonds. The third-order valence-electron chi connectivity index (χ3n) is 4.70. The summed E-state index contributed by atoms with van der Waals surface area (Å²) in [6.45, 7) is 3.60. The van der Waals surface area contributed by atoms with Gasteiger partial charge in [0.25, 0.3) is 5.91 Å². The van der Waals surface area contributed by atoms with Crippen molar-refractivity contribution in [1.29, 1.82) is 0 Å². The lowest BCUT2D eigenvalue weighted by atomic mass is 10.2. The van der Waals surface area contributed by atoms with Crippen LogP contribution in [0.5, 0.6) is 11.5 Å². The van der Waals surface area contributed by atoms with Gasteiger partial charge in [-0.05, 0) is 24.3 Å². The molecule has 0 spiro atoms. The lowest BCUT2D eigenvalue weighted by Crippen LogP contribution is -2.49. The molecule has 0 radical (unpaired) electrons. The number of benzene rings is 1. The first kappa shape index (κ1) is 17.4. The van der Waals surface area contributed by atoms with E-state index in [0.29, 0.717) is 49.0 Å². The average molecular weight is 371 g/mol. The van der Waals surface area contributed by atoms with Crippen LogP contribution in [0.1, 0.15) is 17.0 Å². The molecule has 8 nitrogen and oxygen atoms in total. The number of rotatable bonds is 5. The standard InChI is InChI=1S/C19H21N3O5/c23-18(20-14-3-4-15-17(12-14)27-13-26-15)5-6-21-7-9-22(10-8-21)19(24)16-2-1-11-25-16/h1-4,11-12H,5-10,13H2,(H,20,23). The average Bonchev–Trinajstić information content (AvgIpc) is 3.37. The molecule has 1 saturated heterocycles. The van der Waals surface area contributed by atoms with Crippen molar-refractivity contribution in [2.24, 2.45) is 0 Å². The van der Waals surface area contributed by atoms with Gasteiger partial charge in [-0.3, -0.25) is 14.5 Å². The van der Waals surface area contributed by atoms with Gasteiger partial charge in [0, 0.05) is 50.9 Å². The molecule has 0 aliphatic carbocycles. The number of fused-ring (bicyclic) bond motifs is 1. The summed E-state index contributed by atoms with van der Waals surface area (Å²) < 4.78 is 15.7. The van der Waals surface area contributed by atoms with Gasteiger partial charge in [0.1, 0.15) is 0 Å². The molecule has 1 fully saturated rings. The Hall–Kier alpha value is -3.00. The number of hydrogen-bond donors (Lipinski definition) is 1. The van der Waals surface area contributed by atoms with Crippen LogP contribution in [-0.2, 0) is 4.79 Å². The van der Waals surface area contributed by atoms with Crippen LogP contribution in [-0.4, -0.2) is 61.1 Å². The van der Waals surface area contributed by atoms with Gasteiger partial charge in [0.15, 0.2) is 17.3 Å². The van der Waals surface area contributed by atoms with Crippen molar-refractivity contribution in [2.75, 3.05) is 44.8 Å². The van der Waals surface area contributed by atoms with E-state index in [1.807, 2.05) is 0 Å². The number of amides is 2. The third kappa shape index (κ3) is 4.06. The molecule has 8 heteroatoms. The first-order chi connectivity index (χ1) is 13.2. The molecule has 27 heavy (non-hydrogen) atoms. The predicted molar refractivity (Wildman–Crippen MR) is 96.9 cm³/mol. The minimum atomic E-state index is -0.0831. The number of carbonyl (C=O) groups excluding carboxylic acids is 2. The van der Waals surface area contributed by atoms with E-state index in [4.69, 9.17) is 13.9 Å². The van der Waals surface area contributed by atoms with E-state index < -0.39 is 0 Å². The minimum absolute atomic E-state index is 0.0528. The number of piperazine rings is 1. The topological polar surface area (TPSA) is 84.3 Å². The van der Waals surface area contributed by atoms with Gasteiger partial charge in [0.2, 0.25) is 12.7 Å². The van der Waals surface area contributed by atoms with Crippen LogP contribution in [0.2, 0.25) is 0 Å². The van der Waals surface area contributed by atoms with Gasteiger partial charge in [-0.15, -0.1) is 0 Å². The Morgan fingerprint density at radius 1 is 1.04 bits per heavy atom. The van der Waals surface area contributed by atoms with E-state index in [-0.39, 0.29) is 18.6 Å². The van der Waals surface area contributed by atoms with E-state index in [1.165, 1.54) is 6.26 Å². The Labute approximate surface area is 156 Å². The lowest BCUT2D eigenvalue weighted by molar-refractivity contribution is -0.116. The predicted octanol–water partition coefficient (Wildman–Crippen LogP) is 1.79. The largest absolute Gasteiger partial charge is 0.459 e. The number of carbonyl (C=O) groups is 2. The Morgan fingerprint density at radius 2 is 1.85 bits per heavy atom. The third-order valence-corrected chi connectivity index (χ3v) is 4.70. The van der Waals surface area contributed by atoms with E-state index in [2.05, 4.69) is 10.2 Å². The van der Waals surface area contributed by atoms with Gasteiger partial charge in [-0.2, -0.15) is 0 Å². The van der Waals surface area contributed by atoms with Crippen LogP contribution in [0.25, 0.3) is 0 Å². The summed E-state index contributed by atoms with van der Waals surface area (Å²) in [6, 6.07) is 8.73. The minimum Gasteiger partial charge on any atom is -0.459 e. The molecule has 4 rings (SSSR count). The summed E-state index contributed by atoms with van der Waals surface area (Å²) in [5.74, 6) is 1.56. The van der Waals surface area contributed by atoms with E-state index in [9.17, 15) is 9.59 Å². The molecule has 3 heterocycles. The van der Waals surface area contributed by atoms with Gasteiger partial charge >= 0.3 is 0 Å². The zero-order chi connectivity index (χ0) is 18.6. The highest BCUT2D eigenvalue weighted by Gasteiger charge is 2.23. The van der Waals surface area contributed by atoms with Gasteiger partial charge < -0.3 is 24.1 Å². The van der Waals surface area contributed by atoms with Crippen molar-refractivity contribution >= 4 is 17.5 Å². The lowest BCUT2D eigenvalue weighted by Gasteiger charge is -2.34. The molecule has 0 bridgehead atoms. The molecular weight excluding hydrogens is 350 g/mol. The molecule has 1 N–H and O–H groups in total. The molecule has 1 aromatic heterocycles. The van der Waals surface area contributed by atoms with Crippen LogP contribution in [0.3, 0.4) is 0 Å². The molecule has 0 saturated carbocycles. The summed E-state index contributed by atoms with van der Waals surface area (Å²) in [4.78, 5) is 28.4. The second-order valence-electron chi connectivity index (χ2n) is 6.48. The highest BCUT2D eigenvalue weighted by Crippen LogP contribution is 2.34. The Bertz CT molecular complexity index is 813. The van der Waals surface area contributed by atoms with Crippen molar-refractivity contribution in [3.63, 3.8) is 0 Å². The van der Waals surface area contributed by atoms with Gasteiger partial charge in [-0.1, -0.05) is 0 Å². The number of anilines is 1. The summed E-state index contributed by atoms with van der Waals surface area (Å²) >= 11 is 0. The van der Waals surface area contributed by atoms with Crippen molar-refractivity contribution in [3.05, 3.63) is 42.4 Å². The highest BCUT2D eigenvalue weighted by molar-refractivity contribution is 5.92. The molecule has 2 aliphatic heterocycles. The van der Waals surface area contributed by atoms with Crippen molar-refractivity contribution in [1.82, 2.24) is 9.80 Å². The molecule has 2 aliphatic rings. The zero-order valence-electron chi connectivity index (χ0n) is 14.8. The van der Waals surface area contributed by atoms with Crippen LogP contribution in [0, 0.1) is 0 Å². The maximum Gasteiger partial charge on any atom is 0.289 e. The van der Waals surface area contributed by atoms with Crippen LogP contribution in [0.15, 0.2) is 41.0 Å². The molecule has 0 atom stereocenters. The van der Waals surface area contributed by atoms with Crippen molar-refractivity contribution in [3.8, 4) is 11.5 Å². The van der Waals surface area contributed by atoms with E-state index >= 15 is 0 Å². The molecule has 1 aromatic carbocycles. The quantitative estimate of drug-likeness (QED) is 0.863. The molecule has 0 unspecified atom stereocenters. The van der Waals surface area contributed by atoms with Crippen molar-refractivity contribution < 1.29 is 23.5 Å². The Morgan fingerprint density at radius 3 is 2.63 bits per heavy atom. The zero-order valence-corrected chi connectivity index (χ0v) is 14.8. The Kier molecular flexibility index (Phi) is 4.97. The maximum atomic E-state index is 12.2. The summed E-state index contributed by atoms with van der Waals surface area (Å²) in [5.41, 5.74) is 0.693. The van der Waals surface area contributed by atoms with Crippen LogP contribution >= 0.6 is 0 Å². The smallest absolute Gasteiger partial charge is 0.289 e. The van der Waals surface area contributed by atoms with Gasteiger partial charge in [0.05, 0.1) is 6.26 Å². The number of nitrogens with zero attached hydrogens (tertiary/aromatic N) is 2.